The number of carbonyl (C=O) groups excluding carboxylic acids is 2. The zero-order chi connectivity index (χ0) is 23.3. The molecule has 0 saturated heterocycles. The molecule has 0 aliphatic carbocycles. The predicted octanol–water partition coefficient (Wildman–Crippen LogP) is 4.45. The molecule has 31 heavy (non-hydrogen) atoms. The Balaban J connectivity index is 2.67. The first-order chi connectivity index (χ1) is 14.5. The minimum atomic E-state index is -4.92. The molecule has 10 heteroatoms. The Morgan fingerprint density at radius 2 is 1.97 bits per heavy atom. The van der Waals surface area contributed by atoms with Crippen LogP contribution >= 0.6 is 0 Å². The van der Waals surface area contributed by atoms with E-state index in [4.69, 9.17) is 16.0 Å². The van der Waals surface area contributed by atoms with Gasteiger partial charge in [0.15, 0.2) is 5.70 Å². The van der Waals surface area contributed by atoms with Gasteiger partial charge in [-0.15, -0.1) is 0 Å². The molecule has 2 rings (SSSR count). The Bertz CT molecular complexity index is 990. The number of allylic oxidation sites excluding steroid dienone is 3. The van der Waals surface area contributed by atoms with Crippen molar-refractivity contribution in [2.24, 2.45) is 0 Å². The van der Waals surface area contributed by atoms with Crippen molar-refractivity contribution >= 4 is 11.9 Å². The second kappa shape index (κ2) is 9.64. The number of alkyl halides is 3. The van der Waals surface area contributed by atoms with Gasteiger partial charge in [0.2, 0.25) is 0 Å². The molecule has 0 saturated carbocycles. The van der Waals surface area contributed by atoms with Gasteiger partial charge in [-0.05, 0) is 37.5 Å². The summed E-state index contributed by atoms with van der Waals surface area (Å²) in [6.07, 6.45) is -4.51. The summed E-state index contributed by atoms with van der Waals surface area (Å²) in [5.41, 5.74) is -1.54. The molecule has 1 atom stereocenters. The molecule has 0 spiro atoms. The van der Waals surface area contributed by atoms with E-state index in [1.165, 1.54) is 13.8 Å². The first-order valence-corrected chi connectivity index (χ1v) is 9.17. The van der Waals surface area contributed by atoms with Crippen molar-refractivity contribution in [2.45, 2.75) is 38.8 Å². The second-order valence-electron chi connectivity index (χ2n) is 6.74. The Morgan fingerprint density at radius 3 is 2.52 bits per heavy atom. The molecule has 1 aliphatic rings. The quantitative estimate of drug-likeness (QED) is 0.306. The maximum atomic E-state index is 13.7. The van der Waals surface area contributed by atoms with Crippen molar-refractivity contribution in [3.05, 3.63) is 69.2 Å². The SMILES string of the molecule is [C-]#[N+]C1=C(C)NC(CCCOC(C)=O)=C(C(=O)OC)C1c1ccc(F)cc1C(F)(F)F. The highest BCUT2D eigenvalue weighted by atomic mass is 19.4. The number of dihydropyridines is 1. The number of carbonyl (C=O) groups is 2. The van der Waals surface area contributed by atoms with E-state index in [-0.39, 0.29) is 42.1 Å². The number of benzene rings is 1. The third kappa shape index (κ3) is 5.42. The Hall–Kier alpha value is -3.35. The van der Waals surface area contributed by atoms with E-state index in [2.05, 4.69) is 10.2 Å². The van der Waals surface area contributed by atoms with Crippen molar-refractivity contribution in [2.75, 3.05) is 13.7 Å². The third-order valence-corrected chi connectivity index (χ3v) is 4.64. The van der Waals surface area contributed by atoms with Crippen molar-refractivity contribution in [3.63, 3.8) is 0 Å². The number of halogens is 4. The van der Waals surface area contributed by atoms with Crippen molar-refractivity contribution in [3.8, 4) is 0 Å². The average Bonchev–Trinajstić information content (AvgIpc) is 2.69. The number of methoxy groups -OCH3 is 1. The lowest BCUT2D eigenvalue weighted by atomic mass is 9.81. The van der Waals surface area contributed by atoms with Crippen LogP contribution < -0.4 is 5.32 Å². The molecule has 1 heterocycles. The van der Waals surface area contributed by atoms with Gasteiger partial charge in [0.05, 0.1) is 37.3 Å². The van der Waals surface area contributed by atoms with Gasteiger partial charge in [0.25, 0.3) is 0 Å². The summed E-state index contributed by atoms with van der Waals surface area (Å²) in [5, 5.41) is 2.89. The summed E-state index contributed by atoms with van der Waals surface area (Å²) in [5.74, 6) is -3.93. The molecule has 166 valence electrons. The van der Waals surface area contributed by atoms with E-state index in [1.807, 2.05) is 0 Å². The van der Waals surface area contributed by atoms with Crippen LogP contribution in [-0.2, 0) is 25.2 Å². The minimum Gasteiger partial charge on any atom is -0.466 e. The number of hydrogen-bond acceptors (Lipinski definition) is 5. The van der Waals surface area contributed by atoms with Crippen LogP contribution in [0.15, 0.2) is 40.9 Å². The number of hydrogen-bond donors (Lipinski definition) is 1. The number of ether oxygens (including phenoxy) is 2. The van der Waals surface area contributed by atoms with Crippen molar-refractivity contribution in [1.82, 2.24) is 5.32 Å². The predicted molar refractivity (Wildman–Crippen MR) is 101 cm³/mol. The number of rotatable bonds is 6. The van der Waals surface area contributed by atoms with Crippen molar-refractivity contribution in [1.29, 1.82) is 0 Å². The molecule has 1 N–H and O–H groups in total. The maximum Gasteiger partial charge on any atom is 0.416 e. The zero-order valence-electron chi connectivity index (χ0n) is 17.0. The molecule has 0 aromatic heterocycles. The number of esters is 2. The average molecular weight is 440 g/mol. The van der Waals surface area contributed by atoms with Gasteiger partial charge in [-0.1, -0.05) is 6.07 Å². The van der Waals surface area contributed by atoms with Gasteiger partial charge in [-0.25, -0.2) is 14.0 Å². The largest absolute Gasteiger partial charge is 0.466 e. The van der Waals surface area contributed by atoms with E-state index < -0.39 is 41.0 Å². The Kier molecular flexibility index (Phi) is 7.44. The van der Waals surface area contributed by atoms with Gasteiger partial charge in [0, 0.05) is 18.3 Å². The Labute approximate surface area is 176 Å². The number of nitrogens with zero attached hydrogens (tertiary/aromatic N) is 1. The molecule has 0 radical (unpaired) electrons. The monoisotopic (exact) mass is 440 g/mol. The van der Waals surface area contributed by atoms with Crippen LogP contribution in [0.5, 0.6) is 0 Å². The van der Waals surface area contributed by atoms with Crippen LogP contribution in [0.2, 0.25) is 0 Å². The summed E-state index contributed by atoms with van der Waals surface area (Å²) < 4.78 is 64.3. The van der Waals surface area contributed by atoms with Gasteiger partial charge in [0.1, 0.15) is 5.82 Å². The lowest BCUT2D eigenvalue weighted by Crippen LogP contribution is -2.30. The molecule has 0 fully saturated rings. The highest BCUT2D eigenvalue weighted by molar-refractivity contribution is 5.93. The zero-order valence-corrected chi connectivity index (χ0v) is 17.0. The van der Waals surface area contributed by atoms with E-state index in [1.54, 1.807) is 0 Å². The topological polar surface area (TPSA) is 69.0 Å². The molecule has 1 aliphatic heterocycles. The summed E-state index contributed by atoms with van der Waals surface area (Å²) in [6.45, 7) is 10.2. The van der Waals surface area contributed by atoms with E-state index in [0.717, 1.165) is 19.2 Å². The highest BCUT2D eigenvalue weighted by Gasteiger charge is 2.42. The van der Waals surface area contributed by atoms with E-state index >= 15 is 0 Å². The van der Waals surface area contributed by atoms with Crippen molar-refractivity contribution < 1.29 is 36.6 Å². The van der Waals surface area contributed by atoms with Gasteiger partial charge < -0.3 is 14.8 Å². The highest BCUT2D eigenvalue weighted by Crippen LogP contribution is 2.45. The van der Waals surface area contributed by atoms with E-state index in [0.29, 0.717) is 6.07 Å². The molecule has 1 aromatic rings. The standard InChI is InChI=1S/C21H20F4N2O4/c1-11-19(26-3)17(14-8-7-13(22)10-15(14)21(23,24)25)18(20(29)30-4)16(27-11)6-5-9-31-12(2)28/h7-8,10,17,27H,5-6,9H2,1-2,4H3. The summed E-state index contributed by atoms with van der Waals surface area (Å²) in [6, 6.07) is 2.11. The first kappa shape index (κ1) is 23.9. The second-order valence-corrected chi connectivity index (χ2v) is 6.74. The van der Waals surface area contributed by atoms with Crippen LogP contribution in [0.1, 0.15) is 43.7 Å². The lowest BCUT2D eigenvalue weighted by molar-refractivity contribution is -0.141. The molecule has 0 bridgehead atoms. The van der Waals surface area contributed by atoms with E-state index in [9.17, 15) is 27.2 Å². The van der Waals surface area contributed by atoms with Crippen LogP contribution in [0.25, 0.3) is 4.85 Å². The normalized spacial score (nSPS) is 16.5. The summed E-state index contributed by atoms with van der Waals surface area (Å²) in [4.78, 5) is 26.9. The lowest BCUT2D eigenvalue weighted by Gasteiger charge is -2.31. The number of nitrogens with one attached hydrogen (secondary N) is 1. The van der Waals surface area contributed by atoms with Crippen LogP contribution in [0.4, 0.5) is 17.6 Å². The minimum absolute atomic E-state index is 0.0302. The molecule has 0 amide bonds. The van der Waals surface area contributed by atoms with Gasteiger partial charge in [-0.2, -0.15) is 13.2 Å². The fourth-order valence-electron chi connectivity index (χ4n) is 3.38. The smallest absolute Gasteiger partial charge is 0.416 e. The summed E-state index contributed by atoms with van der Waals surface area (Å²) in [7, 11) is 1.07. The molecule has 1 unspecified atom stereocenters. The van der Waals surface area contributed by atoms with Crippen LogP contribution in [0, 0.1) is 12.4 Å². The molecule has 1 aromatic carbocycles. The molecular formula is C21H20F4N2O4. The maximum absolute atomic E-state index is 13.7. The van der Waals surface area contributed by atoms with Gasteiger partial charge >= 0.3 is 18.1 Å². The van der Waals surface area contributed by atoms with Crippen LogP contribution in [0.3, 0.4) is 0 Å². The van der Waals surface area contributed by atoms with Gasteiger partial charge in [-0.3, -0.25) is 4.79 Å². The fraction of sp³-hybridized carbons (Fsp3) is 0.381. The Morgan fingerprint density at radius 1 is 1.29 bits per heavy atom. The van der Waals surface area contributed by atoms with Crippen LogP contribution in [-0.4, -0.2) is 25.7 Å². The first-order valence-electron chi connectivity index (χ1n) is 9.17. The fourth-order valence-corrected chi connectivity index (χ4v) is 3.38. The molecular weight excluding hydrogens is 420 g/mol. The summed E-state index contributed by atoms with van der Waals surface area (Å²) >= 11 is 0. The third-order valence-electron chi connectivity index (χ3n) is 4.64. The molecule has 6 nitrogen and oxygen atoms in total.